The number of fused-ring (bicyclic) bond motifs is 2. The topological polar surface area (TPSA) is 92.3 Å². The van der Waals surface area contributed by atoms with Gasteiger partial charge < -0.3 is 15.2 Å². The minimum Gasteiger partial charge on any atom is -0.487 e. The van der Waals surface area contributed by atoms with E-state index in [0.29, 0.717) is 18.2 Å². The van der Waals surface area contributed by atoms with Gasteiger partial charge in [0.1, 0.15) is 23.9 Å². The highest BCUT2D eigenvalue weighted by molar-refractivity contribution is 6.03. The number of carbonyl (C=O) groups is 1. The predicted molar refractivity (Wildman–Crippen MR) is 151 cm³/mol. The van der Waals surface area contributed by atoms with Crippen molar-refractivity contribution in [2.24, 2.45) is 0 Å². The van der Waals surface area contributed by atoms with Crippen LogP contribution in [-0.4, -0.2) is 27.3 Å². The second-order valence-electron chi connectivity index (χ2n) is 9.64. The van der Waals surface area contributed by atoms with Gasteiger partial charge in [0.2, 0.25) is 0 Å². The van der Waals surface area contributed by atoms with Crippen LogP contribution in [-0.2, 0) is 22.6 Å². The third-order valence-corrected chi connectivity index (χ3v) is 6.59. The van der Waals surface area contributed by atoms with Crippen LogP contribution in [0.1, 0.15) is 43.8 Å². The molecule has 0 radical (unpaired) electrons. The maximum absolute atomic E-state index is 12.1. The smallest absolute Gasteiger partial charge is 0.310 e. The molecule has 7 heteroatoms. The van der Waals surface area contributed by atoms with Crippen LogP contribution in [0.25, 0.3) is 32.8 Å². The number of rotatable bonds is 8. The number of nitrogens with two attached hydrogens (primary N) is 1. The molecule has 0 unspecified atom stereocenters. The van der Waals surface area contributed by atoms with Crippen LogP contribution in [0.4, 0.5) is 5.82 Å². The fourth-order valence-electron chi connectivity index (χ4n) is 4.86. The third-order valence-electron chi connectivity index (χ3n) is 6.59. The zero-order valence-corrected chi connectivity index (χ0v) is 22.2. The van der Waals surface area contributed by atoms with Gasteiger partial charge in [0.05, 0.1) is 18.5 Å². The van der Waals surface area contributed by atoms with E-state index < -0.39 is 0 Å². The summed E-state index contributed by atoms with van der Waals surface area (Å²) in [5.41, 5.74) is 11.9. The lowest BCUT2D eigenvalue weighted by molar-refractivity contribution is -0.142. The molecular weight excluding hydrogens is 476 g/mol. The number of hydrogen-bond donors (Lipinski definition) is 1. The summed E-state index contributed by atoms with van der Waals surface area (Å²) in [7, 11) is 0. The van der Waals surface area contributed by atoms with E-state index in [1.54, 1.807) is 6.92 Å². The SMILES string of the molecule is CCOC(=O)Cc1ccccc1OCc1nn(C(C)C)c2ccc(-c3cccc4c(N)nc(C)cc34)cc12. The maximum Gasteiger partial charge on any atom is 0.310 e. The number of pyridine rings is 1. The number of nitrogen functional groups attached to an aromatic ring is 1. The molecule has 38 heavy (non-hydrogen) atoms. The monoisotopic (exact) mass is 508 g/mol. The van der Waals surface area contributed by atoms with E-state index in [1.165, 1.54) is 0 Å². The average Bonchev–Trinajstić information content (AvgIpc) is 3.26. The maximum atomic E-state index is 12.1. The fourth-order valence-corrected chi connectivity index (χ4v) is 4.86. The Morgan fingerprint density at radius 3 is 2.61 bits per heavy atom. The molecule has 0 atom stereocenters. The molecule has 0 saturated heterocycles. The van der Waals surface area contributed by atoms with Gasteiger partial charge >= 0.3 is 5.97 Å². The van der Waals surface area contributed by atoms with E-state index >= 15 is 0 Å². The molecule has 0 saturated carbocycles. The first kappa shape index (κ1) is 25.3. The lowest BCUT2D eigenvalue weighted by atomic mass is 9.97. The quantitative estimate of drug-likeness (QED) is 0.244. The van der Waals surface area contributed by atoms with Crippen molar-refractivity contribution in [3.63, 3.8) is 0 Å². The first-order valence-corrected chi connectivity index (χ1v) is 12.9. The second kappa shape index (κ2) is 10.5. The summed E-state index contributed by atoms with van der Waals surface area (Å²) in [5, 5.41) is 7.95. The molecular formula is C31H32N4O3. The molecule has 0 amide bonds. The Morgan fingerprint density at radius 1 is 1.00 bits per heavy atom. The molecule has 3 aromatic carbocycles. The van der Waals surface area contributed by atoms with Crippen LogP contribution in [0.2, 0.25) is 0 Å². The summed E-state index contributed by atoms with van der Waals surface area (Å²) >= 11 is 0. The Labute approximate surface area is 222 Å². The number of para-hydroxylation sites is 1. The van der Waals surface area contributed by atoms with Crippen molar-refractivity contribution in [2.45, 2.75) is 46.8 Å². The van der Waals surface area contributed by atoms with Crippen molar-refractivity contribution in [2.75, 3.05) is 12.3 Å². The van der Waals surface area contributed by atoms with Crippen LogP contribution in [0, 0.1) is 6.92 Å². The van der Waals surface area contributed by atoms with Crippen LogP contribution >= 0.6 is 0 Å². The molecule has 5 aromatic rings. The Kier molecular flexibility index (Phi) is 7.01. The molecule has 2 aromatic heterocycles. The molecule has 2 heterocycles. The summed E-state index contributed by atoms with van der Waals surface area (Å²) in [5.74, 6) is 0.909. The van der Waals surface area contributed by atoms with Gasteiger partial charge in [-0.05, 0) is 68.5 Å². The second-order valence-corrected chi connectivity index (χ2v) is 9.64. The number of nitrogens with zero attached hydrogens (tertiary/aromatic N) is 3. The van der Waals surface area contributed by atoms with E-state index in [0.717, 1.165) is 49.8 Å². The van der Waals surface area contributed by atoms with Crippen molar-refractivity contribution < 1.29 is 14.3 Å². The van der Waals surface area contributed by atoms with Gasteiger partial charge in [0, 0.05) is 28.1 Å². The molecule has 0 spiro atoms. The van der Waals surface area contributed by atoms with Gasteiger partial charge in [-0.2, -0.15) is 5.10 Å². The molecule has 0 aliphatic heterocycles. The summed E-state index contributed by atoms with van der Waals surface area (Å²) in [6.07, 6.45) is 0.161. The molecule has 2 N–H and O–H groups in total. The standard InChI is InChI=1S/C31H32N4O3/c1-5-37-30(36)17-22-9-6-7-12-29(22)38-18-27-26-16-21(13-14-28(26)35(34-27)19(2)3)23-10-8-11-24-25(23)15-20(4)33-31(24)32/h6-16,19H,5,17-18H2,1-4H3,(H2,32,33). The summed E-state index contributed by atoms with van der Waals surface area (Å²) < 4.78 is 13.4. The number of aryl methyl sites for hydroxylation is 1. The highest BCUT2D eigenvalue weighted by Gasteiger charge is 2.17. The number of benzene rings is 3. The predicted octanol–water partition coefficient (Wildman–Crippen LogP) is 6.41. The number of anilines is 1. The van der Waals surface area contributed by atoms with Crippen molar-refractivity contribution in [3.8, 4) is 16.9 Å². The summed E-state index contributed by atoms with van der Waals surface area (Å²) in [6.45, 7) is 8.60. The summed E-state index contributed by atoms with van der Waals surface area (Å²) in [4.78, 5) is 16.5. The first-order valence-electron chi connectivity index (χ1n) is 12.9. The summed E-state index contributed by atoms with van der Waals surface area (Å²) in [6, 6.07) is 22.3. The lowest BCUT2D eigenvalue weighted by Crippen LogP contribution is -2.09. The van der Waals surface area contributed by atoms with Crippen molar-refractivity contribution >= 4 is 33.5 Å². The molecule has 0 fully saturated rings. The minimum absolute atomic E-state index is 0.161. The Hall–Kier alpha value is -4.39. The van der Waals surface area contributed by atoms with Crippen molar-refractivity contribution in [1.29, 1.82) is 0 Å². The van der Waals surface area contributed by atoms with Crippen molar-refractivity contribution in [3.05, 3.63) is 83.7 Å². The highest BCUT2D eigenvalue weighted by Crippen LogP contribution is 2.34. The van der Waals surface area contributed by atoms with Gasteiger partial charge in [-0.25, -0.2) is 4.98 Å². The molecule has 7 nitrogen and oxygen atoms in total. The van der Waals surface area contributed by atoms with Gasteiger partial charge in [0.15, 0.2) is 0 Å². The first-order chi connectivity index (χ1) is 18.4. The third kappa shape index (κ3) is 4.92. The minimum atomic E-state index is -0.274. The van der Waals surface area contributed by atoms with Crippen molar-refractivity contribution in [1.82, 2.24) is 14.8 Å². The molecule has 0 aliphatic rings. The van der Waals surface area contributed by atoms with Crippen LogP contribution in [0.5, 0.6) is 5.75 Å². The van der Waals surface area contributed by atoms with Crippen LogP contribution < -0.4 is 10.5 Å². The van der Waals surface area contributed by atoms with Crippen LogP contribution in [0.15, 0.2) is 66.7 Å². The zero-order valence-electron chi connectivity index (χ0n) is 22.2. The van der Waals surface area contributed by atoms with Gasteiger partial charge in [0.25, 0.3) is 0 Å². The number of esters is 1. The molecule has 5 rings (SSSR count). The Bertz CT molecular complexity index is 1640. The van der Waals surface area contributed by atoms with E-state index in [4.69, 9.17) is 20.3 Å². The Morgan fingerprint density at radius 2 is 1.82 bits per heavy atom. The van der Waals surface area contributed by atoms with Gasteiger partial charge in [-0.1, -0.05) is 42.5 Å². The van der Waals surface area contributed by atoms with Gasteiger partial charge in [-0.3, -0.25) is 9.48 Å². The van der Waals surface area contributed by atoms with E-state index in [1.807, 2.05) is 48.0 Å². The number of aromatic nitrogens is 3. The number of ether oxygens (including phenoxy) is 2. The largest absolute Gasteiger partial charge is 0.487 e. The fraction of sp³-hybridized carbons (Fsp3) is 0.258. The lowest BCUT2D eigenvalue weighted by Gasteiger charge is -2.11. The van der Waals surface area contributed by atoms with Gasteiger partial charge in [-0.15, -0.1) is 0 Å². The van der Waals surface area contributed by atoms with E-state index in [2.05, 4.69) is 49.2 Å². The molecule has 0 aliphatic carbocycles. The Balaban J connectivity index is 1.54. The molecule has 194 valence electrons. The average molecular weight is 509 g/mol. The van der Waals surface area contributed by atoms with Crippen LogP contribution in [0.3, 0.4) is 0 Å². The normalized spacial score (nSPS) is 11.4. The highest BCUT2D eigenvalue weighted by atomic mass is 16.5. The number of hydrogen-bond acceptors (Lipinski definition) is 6. The van der Waals surface area contributed by atoms with E-state index in [9.17, 15) is 4.79 Å². The zero-order chi connectivity index (χ0) is 26.8. The molecule has 0 bridgehead atoms. The number of carbonyl (C=O) groups excluding carboxylic acids is 1. The van der Waals surface area contributed by atoms with E-state index in [-0.39, 0.29) is 25.0 Å².